The molecular weight excluding hydrogens is 246 g/mol. The molecule has 3 heteroatoms. The zero-order valence-corrected chi connectivity index (χ0v) is 12.2. The van der Waals surface area contributed by atoms with Crippen LogP contribution in [0, 0.1) is 5.92 Å². The Morgan fingerprint density at radius 3 is 2.33 bits per heavy atom. The summed E-state index contributed by atoms with van der Waals surface area (Å²) in [6, 6.07) is 8.47. The fourth-order valence-corrected chi connectivity index (χ4v) is 2.21. The average Bonchev–Trinajstić information content (AvgIpc) is 2.37. The second kappa shape index (κ2) is 7.78. The monoisotopic (exact) mass is 269 g/mol. The summed E-state index contributed by atoms with van der Waals surface area (Å²) < 4.78 is 0. The van der Waals surface area contributed by atoms with Crippen molar-refractivity contribution in [3.63, 3.8) is 0 Å². The zero-order chi connectivity index (χ0) is 13.5. The summed E-state index contributed by atoms with van der Waals surface area (Å²) in [6.07, 6.45) is 2.02. The molecule has 0 aliphatic rings. The molecule has 2 N–H and O–H groups in total. The van der Waals surface area contributed by atoms with Crippen molar-refractivity contribution in [3.8, 4) is 0 Å². The van der Waals surface area contributed by atoms with E-state index >= 15 is 0 Å². The summed E-state index contributed by atoms with van der Waals surface area (Å²) in [5.74, 6) is 0.489. The molecule has 3 atom stereocenters. The predicted molar refractivity (Wildman–Crippen MR) is 78.1 cm³/mol. The highest BCUT2D eigenvalue weighted by Gasteiger charge is 2.16. The Kier molecular flexibility index (Phi) is 6.69. The molecule has 1 rings (SSSR count). The minimum atomic E-state index is 0.178. The van der Waals surface area contributed by atoms with E-state index in [1.165, 1.54) is 5.56 Å². The molecule has 1 aromatic carbocycles. The molecule has 0 bridgehead atoms. The fraction of sp³-hybridized carbons (Fsp3) is 0.600. The van der Waals surface area contributed by atoms with Gasteiger partial charge in [0.05, 0.1) is 6.61 Å². The first kappa shape index (κ1) is 15.5. The lowest BCUT2D eigenvalue weighted by Crippen LogP contribution is -2.43. The summed E-state index contributed by atoms with van der Waals surface area (Å²) in [5.41, 5.74) is 1.26. The molecule has 102 valence electrons. The summed E-state index contributed by atoms with van der Waals surface area (Å²) in [6.45, 7) is 6.67. The molecule has 0 spiro atoms. The van der Waals surface area contributed by atoms with Gasteiger partial charge in [-0.15, -0.1) is 0 Å². The molecule has 0 radical (unpaired) electrons. The molecule has 0 amide bonds. The molecular formula is C15H24ClNO. The molecule has 1 unspecified atom stereocenters. The van der Waals surface area contributed by atoms with E-state index in [0.717, 1.165) is 17.9 Å². The summed E-state index contributed by atoms with van der Waals surface area (Å²) in [5, 5.41) is 13.7. The SMILES string of the molecule is CC[C@H](C)[C@@H](CO)NC(C)Cc1ccc(Cl)cc1. The number of nitrogens with one attached hydrogen (secondary N) is 1. The molecule has 18 heavy (non-hydrogen) atoms. The minimum absolute atomic E-state index is 0.178. The Bertz CT molecular complexity index is 339. The van der Waals surface area contributed by atoms with Crippen LogP contribution in [0.3, 0.4) is 0 Å². The van der Waals surface area contributed by atoms with Crippen LogP contribution in [-0.4, -0.2) is 23.8 Å². The van der Waals surface area contributed by atoms with Crippen molar-refractivity contribution < 1.29 is 5.11 Å². The van der Waals surface area contributed by atoms with Crippen molar-refractivity contribution in [2.45, 2.75) is 45.7 Å². The molecule has 0 fully saturated rings. The lowest BCUT2D eigenvalue weighted by Gasteiger charge is -2.26. The second-order valence-corrected chi connectivity index (χ2v) is 5.51. The smallest absolute Gasteiger partial charge is 0.0587 e. The van der Waals surface area contributed by atoms with E-state index in [4.69, 9.17) is 11.6 Å². The molecule has 2 nitrogen and oxygen atoms in total. The predicted octanol–water partition coefficient (Wildman–Crippen LogP) is 3.27. The first-order chi connectivity index (χ1) is 8.56. The fourth-order valence-electron chi connectivity index (χ4n) is 2.08. The highest BCUT2D eigenvalue weighted by molar-refractivity contribution is 6.30. The third-order valence-corrected chi connectivity index (χ3v) is 3.73. The van der Waals surface area contributed by atoms with Gasteiger partial charge in [-0.05, 0) is 37.0 Å². The van der Waals surface area contributed by atoms with E-state index in [1.807, 2.05) is 12.1 Å². The van der Waals surface area contributed by atoms with Gasteiger partial charge < -0.3 is 10.4 Å². The van der Waals surface area contributed by atoms with Crippen LogP contribution < -0.4 is 5.32 Å². The molecule has 0 aromatic heterocycles. The Morgan fingerprint density at radius 2 is 1.83 bits per heavy atom. The van der Waals surface area contributed by atoms with Gasteiger partial charge in [0.1, 0.15) is 0 Å². The van der Waals surface area contributed by atoms with Crippen molar-refractivity contribution in [1.82, 2.24) is 5.32 Å². The van der Waals surface area contributed by atoms with E-state index < -0.39 is 0 Å². The molecule has 0 aliphatic heterocycles. The zero-order valence-electron chi connectivity index (χ0n) is 11.5. The van der Waals surface area contributed by atoms with Crippen molar-refractivity contribution >= 4 is 11.6 Å². The van der Waals surface area contributed by atoms with Crippen molar-refractivity contribution in [1.29, 1.82) is 0 Å². The normalized spacial score (nSPS) is 16.3. The van der Waals surface area contributed by atoms with Gasteiger partial charge in [-0.3, -0.25) is 0 Å². The maximum absolute atomic E-state index is 9.40. The number of halogens is 1. The van der Waals surface area contributed by atoms with E-state index in [-0.39, 0.29) is 12.6 Å². The van der Waals surface area contributed by atoms with Crippen LogP contribution in [0.15, 0.2) is 24.3 Å². The highest BCUT2D eigenvalue weighted by atomic mass is 35.5. The quantitative estimate of drug-likeness (QED) is 0.796. The van der Waals surface area contributed by atoms with Gasteiger partial charge in [-0.2, -0.15) is 0 Å². The number of benzene rings is 1. The van der Waals surface area contributed by atoms with Gasteiger partial charge in [0, 0.05) is 17.1 Å². The van der Waals surface area contributed by atoms with Crippen LogP contribution in [-0.2, 0) is 6.42 Å². The lowest BCUT2D eigenvalue weighted by atomic mass is 9.98. The van der Waals surface area contributed by atoms with Crippen molar-refractivity contribution in [2.75, 3.05) is 6.61 Å². The van der Waals surface area contributed by atoms with Gasteiger partial charge in [-0.25, -0.2) is 0 Å². The number of aliphatic hydroxyl groups is 1. The van der Waals surface area contributed by atoms with Gasteiger partial charge in [0.2, 0.25) is 0 Å². The second-order valence-electron chi connectivity index (χ2n) is 5.07. The van der Waals surface area contributed by atoms with Crippen LogP contribution in [0.25, 0.3) is 0 Å². The first-order valence-electron chi connectivity index (χ1n) is 6.68. The molecule has 0 aliphatic carbocycles. The van der Waals surface area contributed by atoms with Crippen LogP contribution in [0.5, 0.6) is 0 Å². The van der Waals surface area contributed by atoms with Crippen LogP contribution in [0.1, 0.15) is 32.8 Å². The number of rotatable bonds is 7. The van der Waals surface area contributed by atoms with Gasteiger partial charge in [0.15, 0.2) is 0 Å². The van der Waals surface area contributed by atoms with Crippen molar-refractivity contribution in [2.24, 2.45) is 5.92 Å². The lowest BCUT2D eigenvalue weighted by molar-refractivity contribution is 0.192. The molecule has 0 saturated carbocycles. The Morgan fingerprint density at radius 1 is 1.22 bits per heavy atom. The average molecular weight is 270 g/mol. The number of hydrogen-bond acceptors (Lipinski definition) is 2. The van der Waals surface area contributed by atoms with Crippen LogP contribution in [0.4, 0.5) is 0 Å². The van der Waals surface area contributed by atoms with Crippen LogP contribution >= 0.6 is 11.6 Å². The third-order valence-electron chi connectivity index (χ3n) is 3.48. The van der Waals surface area contributed by atoms with Crippen molar-refractivity contribution in [3.05, 3.63) is 34.9 Å². The summed E-state index contributed by atoms with van der Waals surface area (Å²) in [7, 11) is 0. The number of hydrogen-bond donors (Lipinski definition) is 2. The van der Waals surface area contributed by atoms with E-state index in [2.05, 4.69) is 38.2 Å². The minimum Gasteiger partial charge on any atom is -0.395 e. The molecule has 0 saturated heterocycles. The van der Waals surface area contributed by atoms with Gasteiger partial charge >= 0.3 is 0 Å². The standard InChI is InChI=1S/C15H24ClNO/c1-4-11(2)15(10-18)17-12(3)9-13-5-7-14(16)8-6-13/h5-8,11-12,15,17-18H,4,9-10H2,1-3H3/t11-,12?,15+/m0/s1. The molecule has 1 aromatic rings. The number of aliphatic hydroxyl groups excluding tert-OH is 1. The van der Waals surface area contributed by atoms with Crippen LogP contribution in [0.2, 0.25) is 5.02 Å². The topological polar surface area (TPSA) is 32.3 Å². The van der Waals surface area contributed by atoms with Gasteiger partial charge in [0.25, 0.3) is 0 Å². The maximum atomic E-state index is 9.40. The largest absolute Gasteiger partial charge is 0.395 e. The van der Waals surface area contributed by atoms with E-state index in [9.17, 15) is 5.11 Å². The highest BCUT2D eigenvalue weighted by Crippen LogP contribution is 2.13. The summed E-state index contributed by atoms with van der Waals surface area (Å²) >= 11 is 5.87. The third kappa shape index (κ3) is 4.97. The van der Waals surface area contributed by atoms with E-state index in [1.54, 1.807) is 0 Å². The Hall–Kier alpha value is -0.570. The first-order valence-corrected chi connectivity index (χ1v) is 7.06. The Balaban J connectivity index is 2.49. The maximum Gasteiger partial charge on any atom is 0.0587 e. The van der Waals surface area contributed by atoms with Gasteiger partial charge in [-0.1, -0.05) is 44.0 Å². The summed E-state index contributed by atoms with van der Waals surface area (Å²) in [4.78, 5) is 0. The Labute approximate surface area is 115 Å². The molecule has 0 heterocycles. The van der Waals surface area contributed by atoms with E-state index in [0.29, 0.717) is 12.0 Å².